The minimum atomic E-state index is -0.633. The minimum Gasteiger partial charge on any atom is -0.457 e. The van der Waals surface area contributed by atoms with E-state index in [0.29, 0.717) is 5.69 Å². The van der Waals surface area contributed by atoms with Crippen molar-refractivity contribution in [2.45, 2.75) is 32.6 Å². The molecule has 7 heteroatoms. The average Bonchev–Trinajstić information content (AvgIpc) is 2.81. The number of ether oxygens (including phenoxy) is 1. The van der Waals surface area contributed by atoms with Crippen LogP contribution in [0.2, 0.25) is 5.02 Å². The quantitative estimate of drug-likeness (QED) is 0.449. The highest BCUT2D eigenvalue weighted by Crippen LogP contribution is 2.38. The highest BCUT2D eigenvalue weighted by atomic mass is 35.5. The number of rotatable bonds is 5. The molecule has 34 heavy (non-hydrogen) atoms. The normalized spacial score (nSPS) is 12.5. The molecule has 0 aromatic heterocycles. The lowest BCUT2D eigenvalue weighted by Crippen LogP contribution is -2.34. The second kappa shape index (κ2) is 10.2. The SMILES string of the molecule is Cc1cc(NC(=O)NC(=O)c2ccccc2Cl)ccc1Oc1ccc(N(C)C)c2c1CCCC2. The Morgan fingerprint density at radius 2 is 1.65 bits per heavy atom. The number of nitrogens with zero attached hydrogens (tertiary/aromatic N) is 1. The minimum absolute atomic E-state index is 0.239. The van der Waals surface area contributed by atoms with Crippen LogP contribution in [-0.2, 0) is 12.8 Å². The molecule has 0 bridgehead atoms. The number of hydrogen-bond donors (Lipinski definition) is 2. The van der Waals surface area contributed by atoms with Gasteiger partial charge in [-0.3, -0.25) is 10.1 Å². The zero-order valence-corrected chi connectivity index (χ0v) is 20.3. The Labute approximate surface area is 204 Å². The molecular formula is C27H28ClN3O3. The number of hydrogen-bond acceptors (Lipinski definition) is 4. The zero-order valence-electron chi connectivity index (χ0n) is 19.6. The van der Waals surface area contributed by atoms with Crippen LogP contribution in [0.15, 0.2) is 54.6 Å². The molecule has 0 atom stereocenters. The summed E-state index contributed by atoms with van der Waals surface area (Å²) in [6.45, 7) is 1.92. The lowest BCUT2D eigenvalue weighted by molar-refractivity contribution is 0.0967. The van der Waals surface area contributed by atoms with Crippen molar-refractivity contribution in [2.75, 3.05) is 24.3 Å². The first-order valence-corrected chi connectivity index (χ1v) is 11.7. The van der Waals surface area contributed by atoms with E-state index in [1.165, 1.54) is 23.2 Å². The first kappa shape index (κ1) is 23.6. The number of fused-ring (bicyclic) bond motifs is 1. The lowest BCUT2D eigenvalue weighted by atomic mass is 9.89. The second-order valence-electron chi connectivity index (χ2n) is 8.61. The summed E-state index contributed by atoms with van der Waals surface area (Å²) >= 11 is 6.03. The summed E-state index contributed by atoms with van der Waals surface area (Å²) in [4.78, 5) is 26.8. The van der Waals surface area contributed by atoms with Crippen molar-refractivity contribution in [3.8, 4) is 11.5 Å². The maximum Gasteiger partial charge on any atom is 0.326 e. The van der Waals surface area contributed by atoms with E-state index in [2.05, 4.69) is 35.7 Å². The van der Waals surface area contributed by atoms with Crippen molar-refractivity contribution in [2.24, 2.45) is 0 Å². The van der Waals surface area contributed by atoms with Crippen molar-refractivity contribution < 1.29 is 14.3 Å². The Kier molecular flexibility index (Phi) is 7.08. The first-order chi connectivity index (χ1) is 16.3. The molecule has 1 aliphatic rings. The molecular weight excluding hydrogens is 450 g/mol. The van der Waals surface area contributed by atoms with Crippen LogP contribution >= 0.6 is 11.6 Å². The van der Waals surface area contributed by atoms with E-state index < -0.39 is 11.9 Å². The van der Waals surface area contributed by atoms with Crippen LogP contribution in [0.4, 0.5) is 16.2 Å². The predicted molar refractivity (Wildman–Crippen MR) is 137 cm³/mol. The van der Waals surface area contributed by atoms with Gasteiger partial charge in [0.25, 0.3) is 5.91 Å². The van der Waals surface area contributed by atoms with Crippen LogP contribution in [0.1, 0.15) is 39.9 Å². The molecule has 0 fully saturated rings. The number of aryl methyl sites for hydroxylation is 1. The van der Waals surface area contributed by atoms with Gasteiger partial charge in [-0.25, -0.2) is 4.79 Å². The van der Waals surface area contributed by atoms with Crippen molar-refractivity contribution in [1.29, 1.82) is 0 Å². The summed E-state index contributed by atoms with van der Waals surface area (Å²) in [6.07, 6.45) is 4.41. The number of urea groups is 1. The van der Waals surface area contributed by atoms with E-state index in [9.17, 15) is 9.59 Å². The van der Waals surface area contributed by atoms with Gasteiger partial charge in [-0.1, -0.05) is 23.7 Å². The van der Waals surface area contributed by atoms with Gasteiger partial charge in [-0.2, -0.15) is 0 Å². The van der Waals surface area contributed by atoms with Gasteiger partial charge in [0.05, 0.1) is 10.6 Å². The summed E-state index contributed by atoms with van der Waals surface area (Å²) in [5, 5.41) is 5.27. The van der Waals surface area contributed by atoms with E-state index in [0.717, 1.165) is 36.3 Å². The molecule has 0 saturated heterocycles. The van der Waals surface area contributed by atoms with Gasteiger partial charge in [0.2, 0.25) is 0 Å². The third kappa shape index (κ3) is 5.18. The summed E-state index contributed by atoms with van der Waals surface area (Å²) in [5.74, 6) is 1.04. The topological polar surface area (TPSA) is 70.7 Å². The molecule has 0 unspecified atom stereocenters. The predicted octanol–water partition coefficient (Wildman–Crippen LogP) is 6.35. The van der Waals surface area contributed by atoms with Crippen molar-refractivity contribution >= 4 is 34.9 Å². The van der Waals surface area contributed by atoms with Gasteiger partial charge >= 0.3 is 6.03 Å². The van der Waals surface area contributed by atoms with Gasteiger partial charge < -0.3 is 15.0 Å². The van der Waals surface area contributed by atoms with Gasteiger partial charge in [0.15, 0.2) is 0 Å². The van der Waals surface area contributed by atoms with E-state index in [1.54, 1.807) is 30.3 Å². The molecule has 0 aliphatic heterocycles. The van der Waals surface area contributed by atoms with Crippen LogP contribution < -0.4 is 20.3 Å². The first-order valence-electron chi connectivity index (χ1n) is 11.3. The molecule has 6 nitrogen and oxygen atoms in total. The molecule has 4 rings (SSSR count). The molecule has 0 saturated carbocycles. The molecule has 3 amide bonds. The highest BCUT2D eigenvalue weighted by Gasteiger charge is 2.20. The van der Waals surface area contributed by atoms with Gasteiger partial charge in [0.1, 0.15) is 11.5 Å². The number of carbonyl (C=O) groups excluding carboxylic acids is 2. The van der Waals surface area contributed by atoms with E-state index in [-0.39, 0.29) is 10.6 Å². The largest absolute Gasteiger partial charge is 0.457 e. The van der Waals surface area contributed by atoms with Crippen molar-refractivity contribution in [3.05, 3.63) is 81.9 Å². The highest BCUT2D eigenvalue weighted by molar-refractivity contribution is 6.34. The Bertz CT molecular complexity index is 1240. The standard InChI is InChI=1S/C27H28ClN3O3/c1-17-16-18(29-27(33)30-26(32)21-10-6-7-11-22(21)28)12-14-24(17)34-25-15-13-23(31(2)3)19-8-4-5-9-20(19)25/h6-7,10-16H,4-5,8-9H2,1-3H3,(H2,29,30,32,33). The third-order valence-corrected chi connectivity index (χ3v) is 6.28. The number of nitrogens with one attached hydrogen (secondary N) is 2. The van der Waals surface area contributed by atoms with Crippen LogP contribution in [-0.4, -0.2) is 26.0 Å². The molecule has 0 radical (unpaired) electrons. The lowest BCUT2D eigenvalue weighted by Gasteiger charge is -2.26. The number of carbonyl (C=O) groups is 2. The van der Waals surface area contributed by atoms with E-state index in [1.807, 2.05) is 25.1 Å². The van der Waals surface area contributed by atoms with Crippen LogP contribution in [0.25, 0.3) is 0 Å². The fourth-order valence-electron chi connectivity index (χ4n) is 4.27. The fourth-order valence-corrected chi connectivity index (χ4v) is 4.49. The van der Waals surface area contributed by atoms with Gasteiger partial charge in [-0.15, -0.1) is 0 Å². The maximum absolute atomic E-state index is 12.3. The number of anilines is 2. The Morgan fingerprint density at radius 1 is 0.941 bits per heavy atom. The Morgan fingerprint density at radius 3 is 2.35 bits per heavy atom. The molecule has 0 spiro atoms. The van der Waals surface area contributed by atoms with Crippen molar-refractivity contribution in [3.63, 3.8) is 0 Å². The molecule has 1 aliphatic carbocycles. The zero-order chi connectivity index (χ0) is 24.2. The van der Waals surface area contributed by atoms with Gasteiger partial charge in [0, 0.05) is 31.0 Å². The summed E-state index contributed by atoms with van der Waals surface area (Å²) < 4.78 is 6.32. The monoisotopic (exact) mass is 477 g/mol. The van der Waals surface area contributed by atoms with Gasteiger partial charge in [-0.05, 0) is 86.2 Å². The number of amides is 3. The Balaban J connectivity index is 1.46. The smallest absolute Gasteiger partial charge is 0.326 e. The fraction of sp³-hybridized carbons (Fsp3) is 0.259. The molecule has 2 N–H and O–H groups in total. The second-order valence-corrected chi connectivity index (χ2v) is 9.02. The maximum atomic E-state index is 12.3. The molecule has 3 aromatic rings. The number of imide groups is 1. The molecule has 3 aromatic carbocycles. The third-order valence-electron chi connectivity index (χ3n) is 5.95. The summed E-state index contributed by atoms with van der Waals surface area (Å²) in [5.41, 5.74) is 5.55. The number of halogens is 1. The Hall–Kier alpha value is -3.51. The number of benzene rings is 3. The summed E-state index contributed by atoms with van der Waals surface area (Å²) in [6, 6.07) is 15.5. The van der Waals surface area contributed by atoms with Crippen LogP contribution in [0, 0.1) is 6.92 Å². The molecule has 176 valence electrons. The van der Waals surface area contributed by atoms with E-state index in [4.69, 9.17) is 16.3 Å². The van der Waals surface area contributed by atoms with E-state index >= 15 is 0 Å². The van der Waals surface area contributed by atoms with Crippen molar-refractivity contribution in [1.82, 2.24) is 5.32 Å². The molecule has 0 heterocycles. The summed E-state index contributed by atoms with van der Waals surface area (Å²) in [7, 11) is 4.14. The average molecular weight is 478 g/mol. The van der Waals surface area contributed by atoms with Crippen LogP contribution in [0.3, 0.4) is 0 Å². The van der Waals surface area contributed by atoms with Crippen LogP contribution in [0.5, 0.6) is 11.5 Å².